The highest BCUT2D eigenvalue weighted by atomic mass is 19.3. The van der Waals surface area contributed by atoms with Gasteiger partial charge in [0.1, 0.15) is 11.5 Å². The number of ether oxygens (including phenoxy) is 2. The van der Waals surface area contributed by atoms with Crippen LogP contribution in [0.3, 0.4) is 0 Å². The van der Waals surface area contributed by atoms with Gasteiger partial charge >= 0.3 is 6.61 Å². The largest absolute Gasteiger partial charge is 0.497 e. The van der Waals surface area contributed by atoms with Crippen LogP contribution >= 0.6 is 0 Å². The average Bonchev–Trinajstić information content (AvgIpc) is 2.53. The molecule has 0 radical (unpaired) electrons. The normalized spacial score (nSPS) is 21.1. The molecule has 1 aromatic carbocycles. The molecule has 0 aromatic heterocycles. The van der Waals surface area contributed by atoms with Crippen molar-refractivity contribution in [2.24, 2.45) is 5.92 Å². The quantitative estimate of drug-likeness (QED) is 0.841. The first-order valence-electron chi connectivity index (χ1n) is 7.62. The molecule has 1 aliphatic heterocycles. The lowest BCUT2D eigenvalue weighted by molar-refractivity contribution is -0.126. The van der Waals surface area contributed by atoms with Gasteiger partial charge in [-0.2, -0.15) is 8.78 Å². The molecule has 1 aromatic rings. The van der Waals surface area contributed by atoms with Gasteiger partial charge in [-0.05, 0) is 44.5 Å². The van der Waals surface area contributed by atoms with Gasteiger partial charge in [0.15, 0.2) is 0 Å². The maximum absolute atomic E-state index is 12.5. The number of amides is 1. The van der Waals surface area contributed by atoms with Gasteiger partial charge in [0.05, 0.1) is 7.11 Å². The Morgan fingerprint density at radius 3 is 2.91 bits per heavy atom. The zero-order chi connectivity index (χ0) is 16.8. The maximum Gasteiger partial charge on any atom is 0.387 e. The van der Waals surface area contributed by atoms with Gasteiger partial charge in [0.25, 0.3) is 0 Å². The minimum Gasteiger partial charge on any atom is -0.497 e. The Balaban J connectivity index is 2.01. The second kappa shape index (κ2) is 8.10. The van der Waals surface area contributed by atoms with Gasteiger partial charge in [-0.25, -0.2) is 0 Å². The SMILES string of the molecule is COc1ccc(OC(F)F)c(CNC(=O)[C@H]2CCN[C@@H](C)C2)c1. The fraction of sp³-hybridized carbons (Fsp3) is 0.562. The maximum atomic E-state index is 12.5. The van der Waals surface area contributed by atoms with Crippen molar-refractivity contribution in [1.82, 2.24) is 10.6 Å². The molecular formula is C16H22F2N2O3. The standard InChI is InChI=1S/C16H22F2N2O3/c1-10-7-11(5-6-19-10)15(21)20-9-12-8-13(22-2)3-4-14(12)23-16(17)18/h3-4,8,10-11,16,19H,5-7,9H2,1-2H3,(H,20,21)/t10-,11-/m0/s1. The lowest BCUT2D eigenvalue weighted by Crippen LogP contribution is -2.42. The summed E-state index contributed by atoms with van der Waals surface area (Å²) < 4.78 is 34.5. The molecule has 1 heterocycles. The van der Waals surface area contributed by atoms with E-state index in [9.17, 15) is 13.6 Å². The Morgan fingerprint density at radius 1 is 1.48 bits per heavy atom. The summed E-state index contributed by atoms with van der Waals surface area (Å²) >= 11 is 0. The molecule has 1 amide bonds. The number of carbonyl (C=O) groups excluding carboxylic acids is 1. The van der Waals surface area contributed by atoms with Gasteiger partial charge in [0.2, 0.25) is 5.91 Å². The highest BCUT2D eigenvalue weighted by Gasteiger charge is 2.24. The molecule has 128 valence electrons. The van der Waals surface area contributed by atoms with Crippen LogP contribution in [0.4, 0.5) is 8.78 Å². The Bertz CT molecular complexity index is 540. The lowest BCUT2D eigenvalue weighted by atomic mass is 9.92. The summed E-state index contributed by atoms with van der Waals surface area (Å²) in [5.74, 6) is 0.437. The molecule has 0 spiro atoms. The number of rotatable bonds is 6. The molecular weight excluding hydrogens is 306 g/mol. The van der Waals surface area contributed by atoms with Crippen molar-refractivity contribution in [3.8, 4) is 11.5 Å². The minimum atomic E-state index is -2.91. The van der Waals surface area contributed by atoms with Gasteiger partial charge in [-0.15, -0.1) is 0 Å². The number of methoxy groups -OCH3 is 1. The van der Waals surface area contributed by atoms with Gasteiger partial charge in [-0.1, -0.05) is 0 Å². The van der Waals surface area contributed by atoms with E-state index in [4.69, 9.17) is 4.74 Å². The number of alkyl halides is 2. The van der Waals surface area contributed by atoms with Crippen molar-refractivity contribution in [3.05, 3.63) is 23.8 Å². The number of nitrogens with one attached hydrogen (secondary N) is 2. The van der Waals surface area contributed by atoms with E-state index in [1.54, 1.807) is 6.07 Å². The van der Waals surface area contributed by atoms with Crippen LogP contribution in [0.2, 0.25) is 0 Å². The van der Waals surface area contributed by atoms with Crippen molar-refractivity contribution >= 4 is 5.91 Å². The molecule has 0 unspecified atom stereocenters. The molecule has 1 saturated heterocycles. The third-order valence-electron chi connectivity index (χ3n) is 3.93. The van der Waals surface area contributed by atoms with Crippen LogP contribution in [0.25, 0.3) is 0 Å². The number of carbonyl (C=O) groups is 1. The van der Waals surface area contributed by atoms with E-state index in [-0.39, 0.29) is 24.1 Å². The van der Waals surface area contributed by atoms with Crippen molar-refractivity contribution in [3.63, 3.8) is 0 Å². The van der Waals surface area contributed by atoms with Gasteiger partial charge < -0.3 is 20.1 Å². The van der Waals surface area contributed by atoms with E-state index in [1.807, 2.05) is 6.92 Å². The molecule has 1 fully saturated rings. The number of benzene rings is 1. The molecule has 0 bridgehead atoms. The van der Waals surface area contributed by atoms with Crippen LogP contribution in [0.1, 0.15) is 25.3 Å². The smallest absolute Gasteiger partial charge is 0.387 e. The fourth-order valence-corrected chi connectivity index (χ4v) is 2.73. The van der Waals surface area contributed by atoms with Crippen LogP contribution < -0.4 is 20.1 Å². The third kappa shape index (κ3) is 5.06. The Labute approximate surface area is 134 Å². The second-order valence-corrected chi connectivity index (χ2v) is 5.65. The van der Waals surface area contributed by atoms with E-state index in [2.05, 4.69) is 15.4 Å². The molecule has 2 N–H and O–H groups in total. The van der Waals surface area contributed by atoms with Crippen LogP contribution in [0, 0.1) is 5.92 Å². The molecule has 7 heteroatoms. The predicted octanol–water partition coefficient (Wildman–Crippen LogP) is 2.30. The van der Waals surface area contributed by atoms with Crippen molar-refractivity contribution in [1.29, 1.82) is 0 Å². The summed E-state index contributed by atoms with van der Waals surface area (Å²) in [6.45, 7) is 0.0491. The van der Waals surface area contributed by atoms with Crippen LogP contribution in [0.15, 0.2) is 18.2 Å². The second-order valence-electron chi connectivity index (χ2n) is 5.65. The molecule has 5 nitrogen and oxygen atoms in total. The van der Waals surface area contributed by atoms with Crippen molar-refractivity contribution < 1.29 is 23.0 Å². The summed E-state index contributed by atoms with van der Waals surface area (Å²) in [6.07, 6.45) is 1.54. The molecule has 1 aliphatic rings. The first kappa shape index (κ1) is 17.5. The van der Waals surface area contributed by atoms with Crippen LogP contribution in [0.5, 0.6) is 11.5 Å². The highest BCUT2D eigenvalue weighted by Crippen LogP contribution is 2.26. The highest BCUT2D eigenvalue weighted by molar-refractivity contribution is 5.78. The monoisotopic (exact) mass is 328 g/mol. The fourth-order valence-electron chi connectivity index (χ4n) is 2.73. The van der Waals surface area contributed by atoms with Crippen LogP contribution in [-0.4, -0.2) is 32.2 Å². The van der Waals surface area contributed by atoms with E-state index < -0.39 is 6.61 Å². The summed E-state index contributed by atoms with van der Waals surface area (Å²) in [5.41, 5.74) is 0.458. The number of halogens is 2. The van der Waals surface area contributed by atoms with Gasteiger partial charge in [-0.3, -0.25) is 4.79 Å². The van der Waals surface area contributed by atoms with E-state index in [0.717, 1.165) is 19.4 Å². The molecule has 2 rings (SSSR count). The number of piperidine rings is 1. The first-order chi connectivity index (χ1) is 11.0. The Hall–Kier alpha value is -1.89. The lowest BCUT2D eigenvalue weighted by Gasteiger charge is -2.27. The topological polar surface area (TPSA) is 59.6 Å². The molecule has 2 atom stereocenters. The van der Waals surface area contributed by atoms with Gasteiger partial charge in [0, 0.05) is 24.1 Å². The van der Waals surface area contributed by atoms with Crippen LogP contribution in [-0.2, 0) is 11.3 Å². The van der Waals surface area contributed by atoms with Crippen molar-refractivity contribution in [2.75, 3.05) is 13.7 Å². The summed E-state index contributed by atoms with van der Waals surface area (Å²) in [5, 5.41) is 6.09. The zero-order valence-electron chi connectivity index (χ0n) is 13.3. The molecule has 0 saturated carbocycles. The third-order valence-corrected chi connectivity index (χ3v) is 3.93. The Morgan fingerprint density at radius 2 is 2.26 bits per heavy atom. The van der Waals surface area contributed by atoms with E-state index in [1.165, 1.54) is 19.2 Å². The predicted molar refractivity (Wildman–Crippen MR) is 81.7 cm³/mol. The average molecular weight is 328 g/mol. The summed E-state index contributed by atoms with van der Waals surface area (Å²) in [7, 11) is 1.49. The summed E-state index contributed by atoms with van der Waals surface area (Å²) in [6, 6.07) is 4.84. The van der Waals surface area contributed by atoms with E-state index in [0.29, 0.717) is 17.4 Å². The molecule has 23 heavy (non-hydrogen) atoms. The van der Waals surface area contributed by atoms with E-state index >= 15 is 0 Å². The Kier molecular flexibility index (Phi) is 6.15. The number of hydrogen-bond donors (Lipinski definition) is 2. The zero-order valence-corrected chi connectivity index (χ0v) is 13.3. The van der Waals surface area contributed by atoms with Crippen molar-refractivity contribution in [2.45, 2.75) is 39.0 Å². The minimum absolute atomic E-state index is 0.0415. The summed E-state index contributed by atoms with van der Waals surface area (Å²) in [4.78, 5) is 12.2. The molecule has 0 aliphatic carbocycles. The first-order valence-corrected chi connectivity index (χ1v) is 7.62. The number of hydrogen-bond acceptors (Lipinski definition) is 4.